The van der Waals surface area contributed by atoms with Crippen LogP contribution in [0.25, 0.3) is 11.0 Å². The first-order chi connectivity index (χ1) is 17.8. The van der Waals surface area contributed by atoms with Gasteiger partial charge < -0.3 is 28.8 Å². The number of fused-ring (bicyclic) bond motifs is 1. The molecule has 1 N–H and O–H groups in total. The zero-order chi connectivity index (χ0) is 26.5. The average molecular weight is 507 g/mol. The molecule has 1 aromatic heterocycles. The summed E-state index contributed by atoms with van der Waals surface area (Å²) in [7, 11) is 5.33. The summed E-state index contributed by atoms with van der Waals surface area (Å²) in [6, 6.07) is 13.5. The Labute approximate surface area is 217 Å². The highest BCUT2D eigenvalue weighted by atomic mass is 16.5. The fourth-order valence-electron chi connectivity index (χ4n) is 4.50. The Morgan fingerprint density at radius 3 is 2.57 bits per heavy atom. The van der Waals surface area contributed by atoms with Gasteiger partial charge in [-0.2, -0.15) is 0 Å². The second-order valence-electron chi connectivity index (χ2n) is 9.41. The number of Topliss-reactive ketones (excluding diaryl/α,β-unsaturated/α-hetero) is 1. The number of ether oxygens (including phenoxy) is 2. The Balaban J connectivity index is 1.69. The van der Waals surface area contributed by atoms with E-state index in [0.717, 1.165) is 25.0 Å². The van der Waals surface area contributed by atoms with E-state index in [9.17, 15) is 14.7 Å². The van der Waals surface area contributed by atoms with Crippen LogP contribution >= 0.6 is 0 Å². The van der Waals surface area contributed by atoms with Gasteiger partial charge >= 0.3 is 0 Å². The molecule has 1 aliphatic heterocycles. The molecule has 2 aromatic carbocycles. The number of para-hydroxylation sites is 1. The van der Waals surface area contributed by atoms with Crippen molar-refractivity contribution in [2.24, 2.45) is 0 Å². The Morgan fingerprint density at radius 1 is 1.14 bits per heavy atom. The first-order valence-corrected chi connectivity index (χ1v) is 12.6. The van der Waals surface area contributed by atoms with Crippen LogP contribution < -0.4 is 9.47 Å². The summed E-state index contributed by atoms with van der Waals surface area (Å²) in [4.78, 5) is 30.4. The number of likely N-dealkylation sites (N-methyl/N-ethyl adjacent to an activating group) is 1. The average Bonchev–Trinajstić information content (AvgIpc) is 3.44. The molecule has 37 heavy (non-hydrogen) atoms. The zero-order valence-electron chi connectivity index (χ0n) is 21.8. The van der Waals surface area contributed by atoms with Crippen molar-refractivity contribution in [3.05, 3.63) is 71.2 Å². The predicted molar refractivity (Wildman–Crippen MR) is 141 cm³/mol. The Kier molecular flexibility index (Phi) is 8.18. The fourth-order valence-corrected chi connectivity index (χ4v) is 4.50. The van der Waals surface area contributed by atoms with Gasteiger partial charge in [0, 0.05) is 18.5 Å². The number of ketones is 1. The Morgan fingerprint density at radius 2 is 1.89 bits per heavy atom. The number of aliphatic hydroxyl groups is 1. The Hall–Kier alpha value is -3.78. The van der Waals surface area contributed by atoms with Gasteiger partial charge in [0.25, 0.3) is 5.91 Å². The van der Waals surface area contributed by atoms with E-state index >= 15 is 0 Å². The normalized spacial score (nSPS) is 15.8. The number of unbranched alkanes of at least 4 members (excludes halogenated alkanes) is 2. The zero-order valence-corrected chi connectivity index (χ0v) is 21.8. The van der Waals surface area contributed by atoms with Gasteiger partial charge in [0.2, 0.25) is 5.78 Å². The van der Waals surface area contributed by atoms with Gasteiger partial charge in [-0.3, -0.25) is 9.59 Å². The van der Waals surface area contributed by atoms with E-state index in [2.05, 4.69) is 6.92 Å². The lowest BCUT2D eigenvalue weighted by atomic mass is 9.95. The summed E-state index contributed by atoms with van der Waals surface area (Å²) in [6.45, 7) is 3.67. The maximum absolute atomic E-state index is 13.7. The molecule has 3 aromatic rings. The molecule has 196 valence electrons. The monoisotopic (exact) mass is 506 g/mol. The maximum atomic E-state index is 13.7. The summed E-state index contributed by atoms with van der Waals surface area (Å²) >= 11 is 0. The van der Waals surface area contributed by atoms with E-state index in [0.29, 0.717) is 42.0 Å². The van der Waals surface area contributed by atoms with Crippen molar-refractivity contribution in [3.63, 3.8) is 0 Å². The van der Waals surface area contributed by atoms with Gasteiger partial charge in [0.05, 0.1) is 25.3 Å². The molecule has 0 radical (unpaired) electrons. The number of furan rings is 1. The smallest absolute Gasteiger partial charge is 0.290 e. The third kappa shape index (κ3) is 5.49. The molecular weight excluding hydrogens is 472 g/mol. The van der Waals surface area contributed by atoms with Crippen molar-refractivity contribution in [3.8, 4) is 11.5 Å². The van der Waals surface area contributed by atoms with Crippen LogP contribution in [0.5, 0.6) is 11.5 Å². The number of carbonyl (C=O) groups is 2. The molecule has 0 spiro atoms. The molecule has 1 unspecified atom stereocenters. The number of hydrogen-bond acceptors (Lipinski definition) is 7. The molecule has 1 aliphatic rings. The van der Waals surface area contributed by atoms with Crippen LogP contribution in [-0.2, 0) is 4.79 Å². The summed E-state index contributed by atoms with van der Waals surface area (Å²) in [5.74, 6) is -0.430. The van der Waals surface area contributed by atoms with Crippen LogP contribution in [0, 0.1) is 0 Å². The number of benzene rings is 2. The SMILES string of the molecule is CCCCCOc1ccc(C2C(C(=O)c3cc4cccc(OC)c4o3)=C(O)C(=O)N2CCN(C)C)cc1. The molecule has 0 aliphatic carbocycles. The fraction of sp³-hybridized carbons (Fsp3) is 0.379. The number of amides is 1. The Bertz CT molecular complexity index is 1290. The van der Waals surface area contributed by atoms with Gasteiger partial charge in [0.1, 0.15) is 5.75 Å². The number of carbonyl (C=O) groups excluding carboxylic acids is 2. The number of hydrogen-bond donors (Lipinski definition) is 1. The van der Waals surface area contributed by atoms with Gasteiger partial charge in [-0.1, -0.05) is 44.0 Å². The molecule has 4 rings (SSSR count). The highest BCUT2D eigenvalue weighted by Gasteiger charge is 2.44. The highest BCUT2D eigenvalue weighted by Crippen LogP contribution is 2.40. The summed E-state index contributed by atoms with van der Waals surface area (Å²) < 4.78 is 17.1. The minimum Gasteiger partial charge on any atom is -0.503 e. The molecular formula is C29H34N2O6. The molecule has 1 amide bonds. The third-order valence-electron chi connectivity index (χ3n) is 6.50. The van der Waals surface area contributed by atoms with E-state index in [4.69, 9.17) is 13.9 Å². The molecule has 0 saturated heterocycles. The van der Waals surface area contributed by atoms with Crippen LogP contribution in [0.3, 0.4) is 0 Å². The van der Waals surface area contributed by atoms with Crippen molar-refractivity contribution in [2.45, 2.75) is 32.2 Å². The summed E-state index contributed by atoms with van der Waals surface area (Å²) in [5.41, 5.74) is 1.14. The predicted octanol–water partition coefficient (Wildman–Crippen LogP) is 5.15. The molecule has 8 heteroatoms. The van der Waals surface area contributed by atoms with E-state index in [1.165, 1.54) is 12.0 Å². The number of methoxy groups -OCH3 is 1. The largest absolute Gasteiger partial charge is 0.503 e. The molecule has 0 bridgehead atoms. The quantitative estimate of drug-likeness (QED) is 0.268. The van der Waals surface area contributed by atoms with E-state index in [1.807, 2.05) is 49.3 Å². The van der Waals surface area contributed by atoms with Crippen molar-refractivity contribution in [1.82, 2.24) is 9.80 Å². The van der Waals surface area contributed by atoms with Crippen molar-refractivity contribution < 1.29 is 28.6 Å². The summed E-state index contributed by atoms with van der Waals surface area (Å²) in [6.07, 6.45) is 3.20. The lowest BCUT2D eigenvalue weighted by Gasteiger charge is -2.28. The minimum absolute atomic E-state index is 0.00149. The van der Waals surface area contributed by atoms with Crippen LogP contribution in [0.15, 0.2) is 64.3 Å². The van der Waals surface area contributed by atoms with Gasteiger partial charge in [0.15, 0.2) is 22.9 Å². The van der Waals surface area contributed by atoms with Gasteiger partial charge in [-0.15, -0.1) is 0 Å². The van der Waals surface area contributed by atoms with Gasteiger partial charge in [-0.05, 0) is 50.3 Å². The van der Waals surface area contributed by atoms with Crippen molar-refractivity contribution in [2.75, 3.05) is 40.9 Å². The molecule has 0 fully saturated rings. The number of nitrogens with zero attached hydrogens (tertiary/aromatic N) is 2. The number of rotatable bonds is 12. The second kappa shape index (κ2) is 11.5. The van der Waals surface area contributed by atoms with E-state index < -0.39 is 23.5 Å². The van der Waals surface area contributed by atoms with Crippen LogP contribution in [0.2, 0.25) is 0 Å². The van der Waals surface area contributed by atoms with Crippen molar-refractivity contribution >= 4 is 22.7 Å². The van der Waals surface area contributed by atoms with Crippen LogP contribution in [-0.4, -0.2) is 67.5 Å². The lowest BCUT2D eigenvalue weighted by Crippen LogP contribution is -2.36. The second-order valence-corrected chi connectivity index (χ2v) is 9.41. The standard InChI is InChI=1S/C29H34N2O6/c1-5-6-7-17-36-21-13-11-19(12-14-21)25-24(27(33)29(34)31(25)16-15-30(2)3)26(32)23-18-20-9-8-10-22(35-4)28(20)37-23/h8-14,18,25,33H,5-7,15-17H2,1-4H3. The highest BCUT2D eigenvalue weighted by molar-refractivity contribution is 6.16. The molecule has 8 nitrogen and oxygen atoms in total. The maximum Gasteiger partial charge on any atom is 0.290 e. The van der Waals surface area contributed by atoms with Gasteiger partial charge in [-0.25, -0.2) is 0 Å². The molecule has 1 atom stereocenters. The summed E-state index contributed by atoms with van der Waals surface area (Å²) in [5, 5.41) is 11.6. The minimum atomic E-state index is -0.760. The molecule has 2 heterocycles. The first kappa shape index (κ1) is 26.3. The first-order valence-electron chi connectivity index (χ1n) is 12.6. The van der Waals surface area contributed by atoms with Crippen LogP contribution in [0.4, 0.5) is 0 Å². The third-order valence-corrected chi connectivity index (χ3v) is 6.50. The number of aliphatic hydroxyl groups excluding tert-OH is 1. The van der Waals surface area contributed by atoms with E-state index in [-0.39, 0.29) is 11.3 Å². The van der Waals surface area contributed by atoms with Crippen LogP contribution in [0.1, 0.15) is 48.3 Å². The van der Waals surface area contributed by atoms with E-state index in [1.54, 1.807) is 18.2 Å². The lowest BCUT2D eigenvalue weighted by molar-refractivity contribution is -0.129. The van der Waals surface area contributed by atoms with Crippen molar-refractivity contribution in [1.29, 1.82) is 0 Å². The topological polar surface area (TPSA) is 92.4 Å². The molecule has 0 saturated carbocycles.